The minimum absolute atomic E-state index is 0.232. The number of nitrogens with one attached hydrogen (secondary N) is 1. The van der Waals surface area contributed by atoms with E-state index in [0.717, 1.165) is 5.56 Å². The van der Waals surface area contributed by atoms with Crippen LogP contribution in [0.1, 0.15) is 11.1 Å². The van der Waals surface area contributed by atoms with Gasteiger partial charge in [-0.1, -0.05) is 23.7 Å². The normalized spacial score (nSPS) is 10.6. The molecular formula is C14H11BrClF2N. The third-order valence-corrected chi connectivity index (χ3v) is 3.62. The summed E-state index contributed by atoms with van der Waals surface area (Å²) in [7, 11) is 0. The molecule has 0 spiro atoms. The van der Waals surface area contributed by atoms with Crippen molar-refractivity contribution in [3.8, 4) is 0 Å². The van der Waals surface area contributed by atoms with E-state index in [1.165, 1.54) is 18.2 Å². The molecule has 0 bridgehead atoms. The molecule has 0 aromatic heterocycles. The molecule has 1 nitrogen and oxygen atoms in total. The van der Waals surface area contributed by atoms with Gasteiger partial charge in [0.25, 0.3) is 0 Å². The van der Waals surface area contributed by atoms with Crippen molar-refractivity contribution >= 4 is 33.2 Å². The number of rotatable bonds is 3. The smallest absolute Gasteiger partial charge is 0.126 e. The quantitative estimate of drug-likeness (QED) is 0.795. The zero-order chi connectivity index (χ0) is 14.0. The topological polar surface area (TPSA) is 12.0 Å². The summed E-state index contributed by atoms with van der Waals surface area (Å²) < 4.78 is 26.8. The summed E-state index contributed by atoms with van der Waals surface area (Å²) in [6, 6.07) is 7.46. The van der Waals surface area contributed by atoms with Crippen molar-refractivity contribution in [2.24, 2.45) is 0 Å². The molecule has 19 heavy (non-hydrogen) atoms. The second-order valence-electron chi connectivity index (χ2n) is 4.18. The second kappa shape index (κ2) is 5.88. The first-order valence-corrected chi connectivity index (χ1v) is 6.78. The molecule has 0 aliphatic rings. The van der Waals surface area contributed by atoms with Crippen LogP contribution in [0.25, 0.3) is 0 Å². The Labute approximate surface area is 123 Å². The lowest BCUT2D eigenvalue weighted by Crippen LogP contribution is -2.02. The molecule has 100 valence electrons. The van der Waals surface area contributed by atoms with Gasteiger partial charge < -0.3 is 5.32 Å². The summed E-state index contributed by atoms with van der Waals surface area (Å²) in [5, 5.41) is 3.40. The molecule has 2 rings (SSSR count). The van der Waals surface area contributed by atoms with Crippen LogP contribution in [-0.4, -0.2) is 0 Å². The Balaban J connectivity index is 2.16. The van der Waals surface area contributed by atoms with E-state index < -0.39 is 5.82 Å². The van der Waals surface area contributed by atoms with Crippen LogP contribution in [0.15, 0.2) is 34.8 Å². The Hall–Kier alpha value is -1.13. The van der Waals surface area contributed by atoms with Crippen molar-refractivity contribution in [3.63, 3.8) is 0 Å². The van der Waals surface area contributed by atoms with Gasteiger partial charge in [0.15, 0.2) is 0 Å². The standard InChI is InChI=1S/C14H11BrClF2N/c1-8-4-9(2-3-13(8)18)7-19-14-11(15)5-10(17)6-12(14)16/h2-6,19H,7H2,1H3. The van der Waals surface area contributed by atoms with Crippen LogP contribution in [-0.2, 0) is 6.54 Å². The van der Waals surface area contributed by atoms with Gasteiger partial charge in [-0.15, -0.1) is 0 Å². The molecule has 0 fully saturated rings. The maximum absolute atomic E-state index is 13.1. The van der Waals surface area contributed by atoms with Gasteiger partial charge in [0.2, 0.25) is 0 Å². The highest BCUT2D eigenvalue weighted by atomic mass is 79.9. The van der Waals surface area contributed by atoms with E-state index in [-0.39, 0.29) is 5.82 Å². The van der Waals surface area contributed by atoms with Crippen molar-refractivity contribution in [2.75, 3.05) is 5.32 Å². The third kappa shape index (κ3) is 3.45. The number of anilines is 1. The van der Waals surface area contributed by atoms with Gasteiger partial charge >= 0.3 is 0 Å². The third-order valence-electron chi connectivity index (χ3n) is 2.70. The largest absolute Gasteiger partial charge is 0.379 e. The van der Waals surface area contributed by atoms with E-state index in [2.05, 4.69) is 21.2 Å². The Morgan fingerprint density at radius 1 is 1.21 bits per heavy atom. The first-order valence-electron chi connectivity index (χ1n) is 5.61. The maximum atomic E-state index is 13.1. The molecule has 1 N–H and O–H groups in total. The average Bonchev–Trinajstić information content (AvgIpc) is 2.32. The Morgan fingerprint density at radius 3 is 2.58 bits per heavy atom. The monoisotopic (exact) mass is 345 g/mol. The Morgan fingerprint density at radius 2 is 1.95 bits per heavy atom. The van der Waals surface area contributed by atoms with Crippen molar-refractivity contribution in [3.05, 3.63) is 62.6 Å². The van der Waals surface area contributed by atoms with E-state index in [1.807, 2.05) is 0 Å². The summed E-state index contributed by atoms with van der Waals surface area (Å²) in [6.45, 7) is 2.19. The Kier molecular flexibility index (Phi) is 4.42. The van der Waals surface area contributed by atoms with Crippen LogP contribution in [0.4, 0.5) is 14.5 Å². The molecular weight excluding hydrogens is 336 g/mol. The summed E-state index contributed by atoms with van der Waals surface area (Å²) in [5.41, 5.74) is 2.12. The average molecular weight is 347 g/mol. The first kappa shape index (κ1) is 14.3. The van der Waals surface area contributed by atoms with Gasteiger partial charge in [-0.2, -0.15) is 0 Å². The fourth-order valence-electron chi connectivity index (χ4n) is 1.72. The summed E-state index contributed by atoms with van der Waals surface area (Å²) >= 11 is 9.22. The predicted molar refractivity (Wildman–Crippen MR) is 77.6 cm³/mol. The Bertz CT molecular complexity index is 593. The molecule has 0 aliphatic heterocycles. The zero-order valence-electron chi connectivity index (χ0n) is 10.1. The minimum Gasteiger partial charge on any atom is -0.379 e. The minimum atomic E-state index is -0.403. The van der Waals surface area contributed by atoms with Crippen LogP contribution < -0.4 is 5.32 Å². The molecule has 0 aliphatic carbocycles. The maximum Gasteiger partial charge on any atom is 0.126 e. The van der Waals surface area contributed by atoms with Gasteiger partial charge in [0.1, 0.15) is 11.6 Å². The lowest BCUT2D eigenvalue weighted by molar-refractivity contribution is 0.617. The summed E-state index contributed by atoms with van der Waals surface area (Å²) in [4.78, 5) is 0. The molecule has 2 aromatic rings. The highest BCUT2D eigenvalue weighted by Gasteiger charge is 2.08. The van der Waals surface area contributed by atoms with Gasteiger partial charge in [-0.05, 0) is 52.2 Å². The molecule has 5 heteroatoms. The predicted octanol–water partition coefficient (Wildman–Crippen LogP) is 5.30. The van der Waals surface area contributed by atoms with Crippen LogP contribution in [0.3, 0.4) is 0 Å². The van der Waals surface area contributed by atoms with E-state index >= 15 is 0 Å². The van der Waals surface area contributed by atoms with Gasteiger partial charge in [-0.25, -0.2) is 8.78 Å². The lowest BCUT2D eigenvalue weighted by atomic mass is 10.1. The van der Waals surface area contributed by atoms with E-state index in [4.69, 9.17) is 11.6 Å². The lowest BCUT2D eigenvalue weighted by Gasteiger charge is -2.11. The molecule has 0 amide bonds. The van der Waals surface area contributed by atoms with Crippen molar-refractivity contribution in [2.45, 2.75) is 13.5 Å². The molecule has 2 aromatic carbocycles. The second-order valence-corrected chi connectivity index (χ2v) is 5.44. The number of hydrogen-bond donors (Lipinski definition) is 1. The van der Waals surface area contributed by atoms with Crippen LogP contribution in [0.5, 0.6) is 0 Å². The SMILES string of the molecule is Cc1cc(CNc2c(Cl)cc(F)cc2Br)ccc1F. The number of benzene rings is 2. The molecule has 0 saturated heterocycles. The van der Waals surface area contributed by atoms with Gasteiger partial charge in [0.05, 0.1) is 10.7 Å². The van der Waals surface area contributed by atoms with Crippen molar-refractivity contribution in [1.82, 2.24) is 0 Å². The summed E-state index contributed by atoms with van der Waals surface area (Å²) in [6.07, 6.45) is 0. The molecule has 0 unspecified atom stereocenters. The van der Waals surface area contributed by atoms with Crippen LogP contribution in [0, 0.1) is 18.6 Å². The number of halogens is 4. The number of hydrogen-bond acceptors (Lipinski definition) is 1. The van der Waals surface area contributed by atoms with Crippen molar-refractivity contribution in [1.29, 1.82) is 0 Å². The van der Waals surface area contributed by atoms with E-state index in [9.17, 15) is 8.78 Å². The summed E-state index contributed by atoms with van der Waals surface area (Å²) in [5.74, 6) is -0.634. The molecule has 0 heterocycles. The van der Waals surface area contributed by atoms with Gasteiger partial charge in [0, 0.05) is 11.0 Å². The zero-order valence-corrected chi connectivity index (χ0v) is 12.4. The highest BCUT2D eigenvalue weighted by molar-refractivity contribution is 9.10. The molecule has 0 radical (unpaired) electrons. The van der Waals surface area contributed by atoms with Crippen LogP contribution in [0.2, 0.25) is 5.02 Å². The van der Waals surface area contributed by atoms with Crippen LogP contribution >= 0.6 is 27.5 Å². The van der Waals surface area contributed by atoms with E-state index in [0.29, 0.717) is 27.3 Å². The molecule has 0 saturated carbocycles. The molecule has 0 atom stereocenters. The highest BCUT2D eigenvalue weighted by Crippen LogP contribution is 2.32. The fourth-order valence-corrected chi connectivity index (χ4v) is 2.68. The van der Waals surface area contributed by atoms with E-state index in [1.54, 1.807) is 19.1 Å². The van der Waals surface area contributed by atoms with Crippen molar-refractivity contribution < 1.29 is 8.78 Å². The first-order chi connectivity index (χ1) is 8.97. The number of aryl methyl sites for hydroxylation is 1. The van der Waals surface area contributed by atoms with Gasteiger partial charge in [-0.3, -0.25) is 0 Å². The fraction of sp³-hybridized carbons (Fsp3) is 0.143.